The Balaban J connectivity index is 1.45. The zero-order valence-electron chi connectivity index (χ0n) is 15.0. The van der Waals surface area contributed by atoms with Gasteiger partial charge in [0.1, 0.15) is 0 Å². The van der Waals surface area contributed by atoms with E-state index < -0.39 is 0 Å². The molecule has 7 nitrogen and oxygen atoms in total. The van der Waals surface area contributed by atoms with Crippen molar-refractivity contribution in [2.24, 2.45) is 0 Å². The van der Waals surface area contributed by atoms with Crippen LogP contribution in [0, 0.1) is 6.92 Å². The van der Waals surface area contributed by atoms with Crippen molar-refractivity contribution in [1.82, 2.24) is 25.3 Å². The fraction of sp³-hybridized carbons (Fsp3) is 0.100. The highest BCUT2D eigenvalue weighted by molar-refractivity contribution is 6.30. The van der Waals surface area contributed by atoms with Crippen molar-refractivity contribution in [1.29, 1.82) is 0 Å². The molecule has 0 atom stereocenters. The average molecular weight is 394 g/mol. The highest BCUT2D eigenvalue weighted by Crippen LogP contribution is 2.19. The van der Waals surface area contributed by atoms with Crippen LogP contribution in [0.15, 0.2) is 65.2 Å². The van der Waals surface area contributed by atoms with Crippen LogP contribution in [-0.4, -0.2) is 25.9 Å². The van der Waals surface area contributed by atoms with Crippen molar-refractivity contribution >= 4 is 17.5 Å². The molecule has 0 unspecified atom stereocenters. The Morgan fingerprint density at radius 2 is 1.96 bits per heavy atom. The normalized spacial score (nSPS) is 10.8. The molecule has 140 valence electrons. The molecule has 0 bridgehead atoms. The summed E-state index contributed by atoms with van der Waals surface area (Å²) in [6, 6.07) is 16.7. The predicted molar refractivity (Wildman–Crippen MR) is 104 cm³/mol. The first kappa shape index (κ1) is 17.9. The zero-order chi connectivity index (χ0) is 19.5. The van der Waals surface area contributed by atoms with Gasteiger partial charge >= 0.3 is 0 Å². The van der Waals surface area contributed by atoms with Gasteiger partial charge in [-0.05, 0) is 25.1 Å². The van der Waals surface area contributed by atoms with E-state index in [0.29, 0.717) is 28.1 Å². The first-order chi connectivity index (χ1) is 13.6. The van der Waals surface area contributed by atoms with Crippen LogP contribution in [-0.2, 0) is 6.54 Å². The van der Waals surface area contributed by atoms with Crippen LogP contribution in [0.5, 0.6) is 0 Å². The Hall–Kier alpha value is -3.45. The van der Waals surface area contributed by atoms with Crippen LogP contribution in [0.2, 0.25) is 5.02 Å². The minimum Gasteiger partial charge on any atom is -0.439 e. The maximum Gasteiger partial charge on any atom is 0.274 e. The van der Waals surface area contributed by atoms with Crippen LogP contribution in [0.25, 0.3) is 17.0 Å². The lowest BCUT2D eigenvalue weighted by atomic mass is 10.2. The first-order valence-electron chi connectivity index (χ1n) is 8.58. The highest BCUT2D eigenvalue weighted by Gasteiger charge is 2.17. The first-order valence-corrected chi connectivity index (χ1v) is 8.96. The quantitative estimate of drug-likeness (QED) is 0.557. The third-order valence-corrected chi connectivity index (χ3v) is 4.28. The summed E-state index contributed by atoms with van der Waals surface area (Å²) < 4.78 is 5.69. The van der Waals surface area contributed by atoms with E-state index in [-0.39, 0.29) is 18.1 Å². The number of amides is 1. The number of hydrogen-bond acceptors (Lipinski definition) is 5. The molecular formula is C20H16ClN5O2. The Morgan fingerprint density at radius 3 is 2.75 bits per heavy atom. The van der Waals surface area contributed by atoms with E-state index in [2.05, 4.69) is 20.5 Å². The number of benzene rings is 2. The van der Waals surface area contributed by atoms with E-state index in [1.165, 1.54) is 4.80 Å². The molecule has 0 fully saturated rings. The number of rotatable bonds is 5. The van der Waals surface area contributed by atoms with Gasteiger partial charge in [-0.3, -0.25) is 4.79 Å². The molecule has 0 aliphatic rings. The molecule has 2 aromatic carbocycles. The molecular weight excluding hydrogens is 378 g/mol. The SMILES string of the molecule is Cc1nn(-c2cccc(Cl)c2)nc1C(=O)NCc1ncc(-c2ccccc2)o1. The number of hydrogen-bond donors (Lipinski definition) is 1. The van der Waals surface area contributed by atoms with E-state index >= 15 is 0 Å². The molecule has 1 N–H and O–H groups in total. The molecule has 0 aliphatic heterocycles. The van der Waals surface area contributed by atoms with Crippen LogP contribution in [0.3, 0.4) is 0 Å². The van der Waals surface area contributed by atoms with Gasteiger partial charge in [0.2, 0.25) is 5.89 Å². The van der Waals surface area contributed by atoms with Crippen molar-refractivity contribution in [2.75, 3.05) is 0 Å². The minimum absolute atomic E-state index is 0.148. The number of oxazole rings is 1. The number of carbonyl (C=O) groups is 1. The fourth-order valence-corrected chi connectivity index (χ4v) is 2.86. The van der Waals surface area contributed by atoms with Gasteiger partial charge in [-0.2, -0.15) is 9.90 Å². The summed E-state index contributed by atoms with van der Waals surface area (Å²) in [5, 5.41) is 11.9. The standard InChI is InChI=1S/C20H16ClN5O2/c1-13-19(25-26(24-13)16-9-5-8-15(21)10-16)20(27)23-12-18-22-11-17(28-18)14-6-3-2-4-7-14/h2-11H,12H2,1H3,(H,23,27). The fourth-order valence-electron chi connectivity index (χ4n) is 2.67. The highest BCUT2D eigenvalue weighted by atomic mass is 35.5. The summed E-state index contributed by atoms with van der Waals surface area (Å²) >= 11 is 6.00. The van der Waals surface area contributed by atoms with E-state index in [4.69, 9.17) is 16.0 Å². The van der Waals surface area contributed by atoms with E-state index in [1.807, 2.05) is 36.4 Å². The van der Waals surface area contributed by atoms with Gasteiger partial charge in [0.25, 0.3) is 5.91 Å². The Kier molecular flexibility index (Phi) is 4.90. The summed E-state index contributed by atoms with van der Waals surface area (Å²) in [4.78, 5) is 18.1. The van der Waals surface area contributed by atoms with Gasteiger partial charge in [0.15, 0.2) is 11.5 Å². The van der Waals surface area contributed by atoms with Gasteiger partial charge in [0, 0.05) is 10.6 Å². The predicted octanol–water partition coefficient (Wildman–Crippen LogP) is 3.81. The van der Waals surface area contributed by atoms with Gasteiger partial charge in [-0.15, -0.1) is 5.10 Å². The van der Waals surface area contributed by atoms with Crippen molar-refractivity contribution in [3.8, 4) is 17.0 Å². The summed E-state index contributed by atoms with van der Waals surface area (Å²) in [7, 11) is 0. The maximum absolute atomic E-state index is 12.5. The molecule has 0 spiro atoms. The Morgan fingerprint density at radius 1 is 1.14 bits per heavy atom. The largest absolute Gasteiger partial charge is 0.439 e. The van der Waals surface area contributed by atoms with E-state index in [9.17, 15) is 4.79 Å². The third-order valence-electron chi connectivity index (χ3n) is 4.05. The van der Waals surface area contributed by atoms with E-state index in [1.54, 1.807) is 31.3 Å². The monoisotopic (exact) mass is 393 g/mol. The van der Waals surface area contributed by atoms with Crippen LogP contribution >= 0.6 is 11.6 Å². The maximum atomic E-state index is 12.5. The van der Waals surface area contributed by atoms with Gasteiger partial charge < -0.3 is 9.73 Å². The van der Waals surface area contributed by atoms with Crippen LogP contribution in [0.4, 0.5) is 0 Å². The van der Waals surface area contributed by atoms with Crippen LogP contribution < -0.4 is 5.32 Å². The van der Waals surface area contributed by atoms with Gasteiger partial charge in [-0.25, -0.2) is 4.98 Å². The number of carbonyl (C=O) groups excluding carboxylic acids is 1. The zero-order valence-corrected chi connectivity index (χ0v) is 15.7. The van der Waals surface area contributed by atoms with Gasteiger partial charge in [-0.1, -0.05) is 48.0 Å². The number of aromatic nitrogens is 4. The summed E-state index contributed by atoms with van der Waals surface area (Å²) in [6.45, 7) is 1.87. The van der Waals surface area contributed by atoms with Crippen LogP contribution in [0.1, 0.15) is 22.1 Å². The molecule has 0 saturated heterocycles. The van der Waals surface area contributed by atoms with Crippen molar-refractivity contribution < 1.29 is 9.21 Å². The Bertz CT molecular complexity index is 1120. The molecule has 2 heterocycles. The lowest BCUT2D eigenvalue weighted by molar-refractivity contribution is 0.0941. The topological polar surface area (TPSA) is 85.8 Å². The smallest absolute Gasteiger partial charge is 0.274 e. The van der Waals surface area contributed by atoms with Crippen molar-refractivity contribution in [2.45, 2.75) is 13.5 Å². The third kappa shape index (κ3) is 3.79. The summed E-state index contributed by atoms with van der Waals surface area (Å²) in [6.07, 6.45) is 1.64. The molecule has 0 saturated carbocycles. The molecule has 28 heavy (non-hydrogen) atoms. The lowest BCUT2D eigenvalue weighted by Gasteiger charge is -2.01. The molecule has 2 aromatic heterocycles. The van der Waals surface area contributed by atoms with Crippen molar-refractivity contribution in [3.05, 3.63) is 83.1 Å². The van der Waals surface area contributed by atoms with Gasteiger partial charge in [0.05, 0.1) is 24.1 Å². The second kappa shape index (κ2) is 7.66. The summed E-state index contributed by atoms with van der Waals surface area (Å²) in [5.41, 5.74) is 2.34. The Labute approximate surface area is 166 Å². The lowest BCUT2D eigenvalue weighted by Crippen LogP contribution is -2.24. The molecule has 4 aromatic rings. The minimum atomic E-state index is -0.356. The molecule has 0 aliphatic carbocycles. The van der Waals surface area contributed by atoms with E-state index in [0.717, 1.165) is 5.56 Å². The number of nitrogens with one attached hydrogen (secondary N) is 1. The van der Waals surface area contributed by atoms with Crippen molar-refractivity contribution in [3.63, 3.8) is 0 Å². The second-order valence-electron chi connectivity index (χ2n) is 6.07. The molecule has 1 amide bonds. The molecule has 8 heteroatoms. The number of nitrogens with zero attached hydrogens (tertiary/aromatic N) is 4. The second-order valence-corrected chi connectivity index (χ2v) is 6.51. The number of halogens is 1. The summed E-state index contributed by atoms with van der Waals surface area (Å²) in [5.74, 6) is 0.699. The molecule has 0 radical (unpaired) electrons. The average Bonchev–Trinajstić information content (AvgIpc) is 3.34. The molecule has 4 rings (SSSR count). The number of aryl methyl sites for hydroxylation is 1.